The first-order chi connectivity index (χ1) is 9.84. The molecule has 1 N–H and O–H groups in total. The fourth-order valence-corrected chi connectivity index (χ4v) is 3.79. The maximum atomic E-state index is 11.8. The van der Waals surface area contributed by atoms with Crippen molar-refractivity contribution in [3.8, 4) is 0 Å². The summed E-state index contributed by atoms with van der Waals surface area (Å²) in [5.74, 6) is 0.112. The SMILES string of the molecule is Cc1csc(SCC(=O)Nc2ccc(S(C)(=O)=O)cc2)n1. The molecule has 0 fully saturated rings. The van der Waals surface area contributed by atoms with Gasteiger partial charge in [-0.25, -0.2) is 13.4 Å². The number of sulfone groups is 1. The van der Waals surface area contributed by atoms with Gasteiger partial charge in [-0.15, -0.1) is 11.3 Å². The highest BCUT2D eigenvalue weighted by atomic mass is 32.2. The van der Waals surface area contributed by atoms with E-state index >= 15 is 0 Å². The van der Waals surface area contributed by atoms with Crippen molar-refractivity contribution in [1.82, 2.24) is 4.98 Å². The van der Waals surface area contributed by atoms with Crippen molar-refractivity contribution in [1.29, 1.82) is 0 Å². The number of aryl methyl sites for hydroxylation is 1. The van der Waals surface area contributed by atoms with Crippen LogP contribution in [0.1, 0.15) is 5.69 Å². The second kappa shape index (κ2) is 6.59. The van der Waals surface area contributed by atoms with E-state index in [1.807, 2.05) is 12.3 Å². The van der Waals surface area contributed by atoms with Crippen LogP contribution in [-0.4, -0.2) is 31.3 Å². The summed E-state index contributed by atoms with van der Waals surface area (Å²) in [6.45, 7) is 1.91. The van der Waals surface area contributed by atoms with E-state index in [0.717, 1.165) is 16.3 Å². The van der Waals surface area contributed by atoms with Crippen molar-refractivity contribution < 1.29 is 13.2 Å². The molecule has 0 unspecified atom stereocenters. The van der Waals surface area contributed by atoms with E-state index in [0.29, 0.717) is 5.69 Å². The normalized spacial score (nSPS) is 11.3. The number of amides is 1. The molecule has 0 atom stereocenters. The molecule has 0 bridgehead atoms. The number of thiazole rings is 1. The number of benzene rings is 1. The van der Waals surface area contributed by atoms with Crippen LogP contribution in [0, 0.1) is 6.92 Å². The summed E-state index contributed by atoms with van der Waals surface area (Å²) in [5.41, 5.74) is 1.52. The summed E-state index contributed by atoms with van der Waals surface area (Å²) in [6.07, 6.45) is 1.15. The average Bonchev–Trinajstić information content (AvgIpc) is 2.82. The average molecular weight is 342 g/mol. The van der Waals surface area contributed by atoms with Crippen molar-refractivity contribution >= 4 is 44.5 Å². The van der Waals surface area contributed by atoms with E-state index in [9.17, 15) is 13.2 Å². The highest BCUT2D eigenvalue weighted by molar-refractivity contribution is 8.01. The lowest BCUT2D eigenvalue weighted by Crippen LogP contribution is -2.14. The quantitative estimate of drug-likeness (QED) is 0.845. The largest absolute Gasteiger partial charge is 0.325 e. The van der Waals surface area contributed by atoms with E-state index in [-0.39, 0.29) is 16.6 Å². The Hall–Kier alpha value is -1.38. The minimum atomic E-state index is -3.22. The lowest BCUT2D eigenvalue weighted by molar-refractivity contribution is -0.113. The zero-order chi connectivity index (χ0) is 15.5. The Morgan fingerprint density at radius 1 is 1.33 bits per heavy atom. The van der Waals surface area contributed by atoms with Crippen molar-refractivity contribution in [2.24, 2.45) is 0 Å². The maximum Gasteiger partial charge on any atom is 0.234 e. The molecule has 112 valence electrons. The van der Waals surface area contributed by atoms with Crippen LogP contribution < -0.4 is 5.32 Å². The number of rotatable bonds is 5. The first kappa shape index (κ1) is 16.0. The van der Waals surface area contributed by atoms with Gasteiger partial charge >= 0.3 is 0 Å². The smallest absolute Gasteiger partial charge is 0.234 e. The van der Waals surface area contributed by atoms with Gasteiger partial charge in [0, 0.05) is 23.0 Å². The van der Waals surface area contributed by atoms with E-state index in [1.165, 1.54) is 35.2 Å². The summed E-state index contributed by atoms with van der Waals surface area (Å²) >= 11 is 2.88. The maximum absolute atomic E-state index is 11.8. The molecule has 0 aliphatic rings. The Labute approximate surface area is 131 Å². The highest BCUT2D eigenvalue weighted by Crippen LogP contribution is 2.22. The molecule has 1 aromatic carbocycles. The number of hydrogen-bond donors (Lipinski definition) is 1. The molecule has 0 aliphatic carbocycles. The van der Waals surface area contributed by atoms with Gasteiger partial charge in [0.05, 0.1) is 10.6 Å². The van der Waals surface area contributed by atoms with Crippen LogP contribution in [-0.2, 0) is 14.6 Å². The Morgan fingerprint density at radius 3 is 2.52 bits per heavy atom. The van der Waals surface area contributed by atoms with Gasteiger partial charge in [0.25, 0.3) is 0 Å². The van der Waals surface area contributed by atoms with Gasteiger partial charge < -0.3 is 5.32 Å². The molecule has 8 heteroatoms. The molecule has 21 heavy (non-hydrogen) atoms. The van der Waals surface area contributed by atoms with Gasteiger partial charge in [-0.05, 0) is 31.2 Å². The predicted octanol–water partition coefficient (Wildman–Crippen LogP) is 2.59. The second-order valence-corrected chi connectivity index (χ2v) is 8.48. The van der Waals surface area contributed by atoms with Crippen LogP contribution in [0.15, 0.2) is 38.9 Å². The van der Waals surface area contributed by atoms with Gasteiger partial charge in [-0.3, -0.25) is 4.79 Å². The van der Waals surface area contributed by atoms with Gasteiger partial charge in [0.2, 0.25) is 5.91 Å². The molecule has 0 saturated heterocycles. The predicted molar refractivity (Wildman–Crippen MR) is 85.8 cm³/mol. The Bertz CT molecular complexity index is 736. The monoisotopic (exact) mass is 342 g/mol. The van der Waals surface area contributed by atoms with Crippen molar-refractivity contribution in [2.75, 3.05) is 17.3 Å². The lowest BCUT2D eigenvalue weighted by Gasteiger charge is -2.05. The Morgan fingerprint density at radius 2 is 2.00 bits per heavy atom. The third kappa shape index (κ3) is 4.83. The summed E-state index contributed by atoms with van der Waals surface area (Å²) in [7, 11) is -3.22. The number of aromatic nitrogens is 1. The van der Waals surface area contributed by atoms with Crippen LogP contribution in [0.4, 0.5) is 5.69 Å². The standard InChI is InChI=1S/C13H14N2O3S3/c1-9-7-19-13(14-9)20-8-12(16)15-10-3-5-11(6-4-10)21(2,17)18/h3-7H,8H2,1-2H3,(H,15,16). The first-order valence-corrected chi connectivity index (χ1v) is 9.75. The van der Waals surface area contributed by atoms with E-state index < -0.39 is 9.84 Å². The van der Waals surface area contributed by atoms with E-state index in [4.69, 9.17) is 0 Å². The zero-order valence-electron chi connectivity index (χ0n) is 11.5. The molecule has 1 heterocycles. The van der Waals surface area contributed by atoms with Crippen molar-refractivity contribution in [3.63, 3.8) is 0 Å². The Kier molecular flexibility index (Phi) is 5.02. The fourth-order valence-electron chi connectivity index (χ4n) is 1.51. The lowest BCUT2D eigenvalue weighted by atomic mass is 10.3. The summed E-state index contributed by atoms with van der Waals surface area (Å²) in [6, 6.07) is 6.10. The summed E-state index contributed by atoms with van der Waals surface area (Å²) in [5, 5.41) is 4.65. The second-order valence-electron chi connectivity index (χ2n) is 4.39. The molecule has 2 rings (SSSR count). The molecule has 5 nitrogen and oxygen atoms in total. The molecule has 0 aliphatic heterocycles. The molecule has 1 amide bonds. The first-order valence-electron chi connectivity index (χ1n) is 5.99. The number of hydrogen-bond acceptors (Lipinski definition) is 6. The van der Waals surface area contributed by atoms with Gasteiger partial charge in [-0.1, -0.05) is 11.8 Å². The minimum Gasteiger partial charge on any atom is -0.325 e. The van der Waals surface area contributed by atoms with Crippen LogP contribution in [0.25, 0.3) is 0 Å². The van der Waals surface area contributed by atoms with Crippen LogP contribution in [0.2, 0.25) is 0 Å². The molecular weight excluding hydrogens is 328 g/mol. The van der Waals surface area contributed by atoms with Crippen molar-refractivity contribution in [3.05, 3.63) is 35.3 Å². The molecule has 2 aromatic rings. The number of nitrogens with zero attached hydrogens (tertiary/aromatic N) is 1. The third-order valence-electron chi connectivity index (χ3n) is 2.49. The summed E-state index contributed by atoms with van der Waals surface area (Å²) in [4.78, 5) is 16.3. The molecule has 0 radical (unpaired) electrons. The minimum absolute atomic E-state index is 0.153. The number of carbonyl (C=O) groups excluding carboxylic acids is 1. The number of thioether (sulfide) groups is 1. The zero-order valence-corrected chi connectivity index (χ0v) is 13.9. The van der Waals surface area contributed by atoms with Crippen LogP contribution >= 0.6 is 23.1 Å². The highest BCUT2D eigenvalue weighted by Gasteiger charge is 2.08. The van der Waals surface area contributed by atoms with Gasteiger partial charge in [0.1, 0.15) is 0 Å². The molecule has 1 aromatic heterocycles. The topological polar surface area (TPSA) is 76.1 Å². The number of carbonyl (C=O) groups is 1. The Balaban J connectivity index is 1.90. The van der Waals surface area contributed by atoms with E-state index in [2.05, 4.69) is 10.3 Å². The number of anilines is 1. The van der Waals surface area contributed by atoms with Gasteiger partial charge in [0.15, 0.2) is 14.2 Å². The molecule has 0 saturated carbocycles. The number of nitrogens with one attached hydrogen (secondary N) is 1. The molecule has 0 spiro atoms. The van der Waals surface area contributed by atoms with Crippen LogP contribution in [0.3, 0.4) is 0 Å². The molecular formula is C13H14N2O3S3. The fraction of sp³-hybridized carbons (Fsp3) is 0.231. The third-order valence-corrected chi connectivity index (χ3v) is 5.76. The van der Waals surface area contributed by atoms with Crippen LogP contribution in [0.5, 0.6) is 0 Å². The van der Waals surface area contributed by atoms with Gasteiger partial charge in [-0.2, -0.15) is 0 Å². The van der Waals surface area contributed by atoms with E-state index in [1.54, 1.807) is 12.1 Å². The van der Waals surface area contributed by atoms with Crippen molar-refractivity contribution in [2.45, 2.75) is 16.2 Å². The summed E-state index contributed by atoms with van der Waals surface area (Å²) < 4.78 is 23.5.